The summed E-state index contributed by atoms with van der Waals surface area (Å²) in [5.41, 5.74) is 2.54. The van der Waals surface area contributed by atoms with Crippen LogP contribution in [0.5, 0.6) is 0 Å². The van der Waals surface area contributed by atoms with Crippen LogP contribution >= 0.6 is 11.8 Å². The molecule has 0 radical (unpaired) electrons. The Balaban J connectivity index is 1.82. The van der Waals surface area contributed by atoms with Crippen molar-refractivity contribution in [3.8, 4) is 11.1 Å². The Bertz CT molecular complexity index is 1140. The lowest BCUT2D eigenvalue weighted by atomic mass is 10.1. The molecule has 148 valence electrons. The van der Waals surface area contributed by atoms with E-state index in [0.29, 0.717) is 5.69 Å². The van der Waals surface area contributed by atoms with Crippen LogP contribution in [0.3, 0.4) is 0 Å². The molecule has 0 aliphatic heterocycles. The summed E-state index contributed by atoms with van der Waals surface area (Å²) in [7, 11) is -3.88. The van der Waals surface area contributed by atoms with E-state index in [1.54, 1.807) is 18.2 Å². The first kappa shape index (κ1) is 20.8. The van der Waals surface area contributed by atoms with Crippen LogP contribution in [-0.4, -0.2) is 25.1 Å². The molecule has 0 amide bonds. The Morgan fingerprint density at radius 1 is 0.862 bits per heavy atom. The lowest BCUT2D eigenvalue weighted by Gasteiger charge is -2.11. The Labute approximate surface area is 174 Å². The third-order valence-corrected chi connectivity index (χ3v) is 6.29. The fourth-order valence-electron chi connectivity index (χ4n) is 2.69. The molecule has 0 heterocycles. The predicted molar refractivity (Wildman–Crippen MR) is 117 cm³/mol. The van der Waals surface area contributed by atoms with Crippen molar-refractivity contribution in [3.63, 3.8) is 0 Å². The summed E-state index contributed by atoms with van der Waals surface area (Å²) in [5.74, 6) is -0.320. The van der Waals surface area contributed by atoms with Crippen molar-refractivity contribution < 1.29 is 18.0 Å². The zero-order valence-corrected chi connectivity index (χ0v) is 17.3. The van der Waals surface area contributed by atoms with E-state index in [1.807, 2.05) is 36.4 Å². The Morgan fingerprint density at radius 3 is 2.28 bits per heavy atom. The average molecular weight is 426 g/mol. The van der Waals surface area contributed by atoms with Gasteiger partial charge in [0.05, 0.1) is 10.6 Å². The van der Waals surface area contributed by atoms with E-state index in [-0.39, 0.29) is 27.1 Å². The zero-order valence-electron chi connectivity index (χ0n) is 15.7. The number of anilines is 1. The molecule has 3 aromatic carbocycles. The van der Waals surface area contributed by atoms with Gasteiger partial charge in [0, 0.05) is 18.2 Å². The van der Waals surface area contributed by atoms with Gasteiger partial charge in [0.1, 0.15) is 0 Å². The van der Waals surface area contributed by atoms with E-state index in [1.165, 1.54) is 31.2 Å². The Hall–Kier alpha value is -2.90. The van der Waals surface area contributed by atoms with Crippen LogP contribution in [0.2, 0.25) is 0 Å². The molecular formula is C22H19NO4S2. The van der Waals surface area contributed by atoms with Gasteiger partial charge in [-0.25, -0.2) is 8.42 Å². The number of thioether (sulfide) groups is 1. The van der Waals surface area contributed by atoms with Gasteiger partial charge in [-0.1, -0.05) is 66.4 Å². The second-order valence-electron chi connectivity index (χ2n) is 6.28. The summed E-state index contributed by atoms with van der Waals surface area (Å²) in [5, 5.41) is -0.165. The predicted octanol–water partition coefficient (Wildman–Crippen LogP) is 4.62. The maximum absolute atomic E-state index is 12.8. The summed E-state index contributed by atoms with van der Waals surface area (Å²) in [6.45, 7) is 1.38. The van der Waals surface area contributed by atoms with Crippen molar-refractivity contribution in [2.45, 2.75) is 11.8 Å². The van der Waals surface area contributed by atoms with E-state index in [2.05, 4.69) is 4.72 Å². The first-order chi connectivity index (χ1) is 13.8. The minimum atomic E-state index is -3.88. The van der Waals surface area contributed by atoms with Crippen LogP contribution in [0, 0.1) is 0 Å². The molecule has 0 spiro atoms. The topological polar surface area (TPSA) is 80.3 Å². The quantitative estimate of drug-likeness (QED) is 0.559. The summed E-state index contributed by atoms with van der Waals surface area (Å²) in [4.78, 5) is 23.2. The largest absolute Gasteiger partial charge is 0.293 e. The van der Waals surface area contributed by atoms with Crippen LogP contribution < -0.4 is 4.72 Å². The zero-order chi connectivity index (χ0) is 20.9. The molecule has 7 heteroatoms. The number of carbonyl (C=O) groups excluding carboxylic acids is 2. The molecular weight excluding hydrogens is 406 g/mol. The van der Waals surface area contributed by atoms with Gasteiger partial charge in [-0.3, -0.25) is 14.3 Å². The van der Waals surface area contributed by atoms with Crippen molar-refractivity contribution in [2.24, 2.45) is 0 Å². The van der Waals surface area contributed by atoms with Gasteiger partial charge < -0.3 is 0 Å². The fourth-order valence-corrected chi connectivity index (χ4v) is 4.29. The number of ketones is 1. The first-order valence-electron chi connectivity index (χ1n) is 8.80. The molecule has 0 saturated carbocycles. The SMILES string of the molecule is CC(=O)SCC(=O)c1cccc(S(=O)(=O)Nc2cccc(-c3ccccc3)c2)c1. The lowest BCUT2D eigenvalue weighted by Crippen LogP contribution is -2.14. The van der Waals surface area contributed by atoms with Gasteiger partial charge in [0.2, 0.25) is 0 Å². The van der Waals surface area contributed by atoms with Gasteiger partial charge in [0.25, 0.3) is 10.0 Å². The summed E-state index contributed by atoms with van der Waals surface area (Å²) in [6, 6.07) is 22.6. The lowest BCUT2D eigenvalue weighted by molar-refractivity contribution is -0.109. The molecule has 1 N–H and O–H groups in total. The molecule has 0 bridgehead atoms. The van der Waals surface area contributed by atoms with Crippen molar-refractivity contribution in [1.82, 2.24) is 0 Å². The molecule has 0 aliphatic rings. The summed E-state index contributed by atoms with van der Waals surface area (Å²) in [6.07, 6.45) is 0. The molecule has 0 aromatic heterocycles. The minimum absolute atomic E-state index is 0.0127. The highest BCUT2D eigenvalue weighted by Gasteiger charge is 2.17. The number of rotatable bonds is 7. The van der Waals surface area contributed by atoms with Crippen molar-refractivity contribution in [3.05, 3.63) is 84.4 Å². The van der Waals surface area contributed by atoms with Crippen molar-refractivity contribution in [1.29, 1.82) is 0 Å². The monoisotopic (exact) mass is 425 g/mol. The Kier molecular flexibility index (Phi) is 6.51. The van der Waals surface area contributed by atoms with Crippen LogP contribution in [0.15, 0.2) is 83.8 Å². The van der Waals surface area contributed by atoms with E-state index < -0.39 is 10.0 Å². The van der Waals surface area contributed by atoms with E-state index in [4.69, 9.17) is 0 Å². The Morgan fingerprint density at radius 2 is 1.55 bits per heavy atom. The number of benzene rings is 3. The molecule has 3 rings (SSSR count). The maximum atomic E-state index is 12.8. The van der Waals surface area contributed by atoms with Crippen LogP contribution in [-0.2, 0) is 14.8 Å². The highest BCUT2D eigenvalue weighted by atomic mass is 32.2. The van der Waals surface area contributed by atoms with Gasteiger partial charge in [-0.2, -0.15) is 0 Å². The number of carbonyl (C=O) groups is 2. The number of nitrogens with one attached hydrogen (secondary N) is 1. The van der Waals surface area contributed by atoms with Crippen LogP contribution in [0.25, 0.3) is 11.1 Å². The number of sulfonamides is 1. The molecule has 0 fully saturated rings. The first-order valence-corrected chi connectivity index (χ1v) is 11.3. The van der Waals surface area contributed by atoms with Crippen molar-refractivity contribution >= 4 is 38.4 Å². The molecule has 0 aliphatic carbocycles. The number of hydrogen-bond donors (Lipinski definition) is 1. The van der Waals surface area contributed by atoms with Crippen LogP contribution in [0.1, 0.15) is 17.3 Å². The smallest absolute Gasteiger partial charge is 0.261 e. The van der Waals surface area contributed by atoms with E-state index in [9.17, 15) is 18.0 Å². The number of hydrogen-bond acceptors (Lipinski definition) is 5. The van der Waals surface area contributed by atoms with E-state index in [0.717, 1.165) is 22.9 Å². The molecule has 0 atom stereocenters. The van der Waals surface area contributed by atoms with Gasteiger partial charge in [0.15, 0.2) is 10.9 Å². The molecule has 3 aromatic rings. The minimum Gasteiger partial charge on any atom is -0.293 e. The summed E-state index contributed by atoms with van der Waals surface area (Å²) >= 11 is 0.896. The third-order valence-electron chi connectivity index (χ3n) is 4.09. The van der Waals surface area contributed by atoms with Gasteiger partial charge in [-0.15, -0.1) is 0 Å². The van der Waals surface area contributed by atoms with E-state index >= 15 is 0 Å². The van der Waals surface area contributed by atoms with Gasteiger partial charge in [-0.05, 0) is 35.4 Å². The third kappa shape index (κ3) is 5.56. The highest BCUT2D eigenvalue weighted by Crippen LogP contribution is 2.24. The van der Waals surface area contributed by atoms with Crippen molar-refractivity contribution in [2.75, 3.05) is 10.5 Å². The second kappa shape index (κ2) is 9.07. The number of Topliss-reactive ketones (excluding diaryl/α,β-unsaturated/α-hetero) is 1. The fraction of sp³-hybridized carbons (Fsp3) is 0.0909. The summed E-state index contributed by atoms with van der Waals surface area (Å²) < 4.78 is 28.2. The molecule has 5 nitrogen and oxygen atoms in total. The molecule has 29 heavy (non-hydrogen) atoms. The molecule has 0 unspecified atom stereocenters. The maximum Gasteiger partial charge on any atom is 0.261 e. The molecule has 0 saturated heterocycles. The normalized spacial score (nSPS) is 11.1. The second-order valence-corrected chi connectivity index (χ2v) is 9.12. The highest BCUT2D eigenvalue weighted by molar-refractivity contribution is 8.14. The van der Waals surface area contributed by atoms with Gasteiger partial charge >= 0.3 is 0 Å². The average Bonchev–Trinajstić information content (AvgIpc) is 2.72. The standard InChI is InChI=1S/C22H19NO4S2/c1-16(24)28-15-22(25)19-10-6-12-21(14-19)29(26,27)23-20-11-5-9-18(13-20)17-7-3-2-4-8-17/h2-14,23H,15H2,1H3. The van der Waals surface area contributed by atoms with Crippen LogP contribution in [0.4, 0.5) is 5.69 Å².